The maximum absolute atomic E-state index is 11.8. The van der Waals surface area contributed by atoms with Gasteiger partial charge in [0, 0.05) is 19.7 Å². The van der Waals surface area contributed by atoms with Crippen molar-refractivity contribution in [3.8, 4) is 5.75 Å². The Hall–Kier alpha value is -2.82. The van der Waals surface area contributed by atoms with Crippen LogP contribution in [0.3, 0.4) is 0 Å². The van der Waals surface area contributed by atoms with E-state index in [9.17, 15) is 9.59 Å². The molecule has 5 nitrogen and oxygen atoms in total. The molecule has 2 aromatic carbocycles. The normalized spacial score (nSPS) is 10.0. The first kappa shape index (κ1) is 16.5. The third-order valence-electron chi connectivity index (χ3n) is 3.29. The summed E-state index contributed by atoms with van der Waals surface area (Å²) >= 11 is 0. The maximum Gasteiger partial charge on any atom is 0.337 e. The standard InChI is InChI=1S/C18H19NO4/c1-19(2)17(20)14-6-4-13(5-7-14)12-23-16-10-8-15(9-11-16)18(21)22-3/h4-11H,12H2,1-3H3. The third kappa shape index (κ3) is 4.32. The van der Waals surface area contributed by atoms with E-state index in [1.807, 2.05) is 12.1 Å². The van der Waals surface area contributed by atoms with Crippen LogP contribution in [0.4, 0.5) is 0 Å². The highest BCUT2D eigenvalue weighted by Crippen LogP contribution is 2.15. The van der Waals surface area contributed by atoms with Crippen LogP contribution < -0.4 is 4.74 Å². The summed E-state index contributed by atoms with van der Waals surface area (Å²) in [6.07, 6.45) is 0. The molecule has 0 heterocycles. The molecule has 0 saturated carbocycles. The minimum atomic E-state index is -0.377. The van der Waals surface area contributed by atoms with Crippen LogP contribution in [-0.2, 0) is 11.3 Å². The van der Waals surface area contributed by atoms with Crippen molar-refractivity contribution >= 4 is 11.9 Å². The molecule has 0 aromatic heterocycles. The minimum Gasteiger partial charge on any atom is -0.489 e. The Morgan fingerprint density at radius 3 is 2.00 bits per heavy atom. The number of nitrogens with zero attached hydrogens (tertiary/aromatic N) is 1. The quantitative estimate of drug-likeness (QED) is 0.797. The number of ether oxygens (including phenoxy) is 2. The minimum absolute atomic E-state index is 0.0316. The SMILES string of the molecule is COC(=O)c1ccc(OCc2ccc(C(=O)N(C)C)cc2)cc1. The Morgan fingerprint density at radius 2 is 1.48 bits per heavy atom. The van der Waals surface area contributed by atoms with Crippen molar-refractivity contribution in [3.63, 3.8) is 0 Å². The monoisotopic (exact) mass is 313 g/mol. The number of methoxy groups -OCH3 is 1. The van der Waals surface area contributed by atoms with Gasteiger partial charge in [-0.05, 0) is 42.0 Å². The Morgan fingerprint density at radius 1 is 0.913 bits per heavy atom. The van der Waals surface area contributed by atoms with E-state index in [2.05, 4.69) is 4.74 Å². The molecule has 0 aliphatic rings. The zero-order valence-electron chi connectivity index (χ0n) is 13.4. The molecule has 2 rings (SSSR count). The van der Waals surface area contributed by atoms with E-state index in [0.717, 1.165) is 5.56 Å². The van der Waals surface area contributed by atoms with Crippen LogP contribution in [-0.4, -0.2) is 38.0 Å². The van der Waals surface area contributed by atoms with Gasteiger partial charge in [0.1, 0.15) is 12.4 Å². The number of benzene rings is 2. The van der Waals surface area contributed by atoms with E-state index < -0.39 is 0 Å². The molecule has 23 heavy (non-hydrogen) atoms. The van der Waals surface area contributed by atoms with E-state index in [4.69, 9.17) is 4.74 Å². The fraction of sp³-hybridized carbons (Fsp3) is 0.222. The number of amides is 1. The van der Waals surface area contributed by atoms with Gasteiger partial charge < -0.3 is 14.4 Å². The lowest BCUT2D eigenvalue weighted by atomic mass is 10.1. The lowest BCUT2D eigenvalue weighted by Gasteiger charge is -2.11. The summed E-state index contributed by atoms with van der Waals surface area (Å²) in [7, 11) is 4.78. The summed E-state index contributed by atoms with van der Waals surface area (Å²) in [6.45, 7) is 0.383. The van der Waals surface area contributed by atoms with E-state index in [-0.39, 0.29) is 11.9 Å². The second-order valence-corrected chi connectivity index (χ2v) is 5.20. The van der Waals surface area contributed by atoms with Gasteiger partial charge in [-0.3, -0.25) is 4.79 Å². The molecular formula is C18H19NO4. The molecule has 120 valence electrons. The van der Waals surface area contributed by atoms with Crippen LogP contribution >= 0.6 is 0 Å². The van der Waals surface area contributed by atoms with Gasteiger partial charge in [-0.2, -0.15) is 0 Å². The van der Waals surface area contributed by atoms with Crippen LogP contribution in [0.15, 0.2) is 48.5 Å². The molecule has 0 aliphatic heterocycles. The van der Waals surface area contributed by atoms with E-state index in [1.165, 1.54) is 12.0 Å². The largest absolute Gasteiger partial charge is 0.489 e. The van der Waals surface area contributed by atoms with Crippen molar-refractivity contribution in [1.82, 2.24) is 4.90 Å². The summed E-state index contributed by atoms with van der Waals surface area (Å²) in [5.41, 5.74) is 2.07. The van der Waals surface area contributed by atoms with Crippen molar-refractivity contribution in [2.75, 3.05) is 21.2 Å². The summed E-state index contributed by atoms with van der Waals surface area (Å²) in [5.74, 6) is 0.250. The van der Waals surface area contributed by atoms with Crippen molar-refractivity contribution in [3.05, 3.63) is 65.2 Å². The van der Waals surface area contributed by atoms with Crippen molar-refractivity contribution in [2.45, 2.75) is 6.61 Å². The number of carbonyl (C=O) groups excluding carboxylic acids is 2. The van der Waals surface area contributed by atoms with Gasteiger partial charge in [-0.1, -0.05) is 12.1 Å². The Labute approximate surface area is 135 Å². The van der Waals surface area contributed by atoms with Gasteiger partial charge in [-0.25, -0.2) is 4.79 Å². The van der Waals surface area contributed by atoms with Crippen molar-refractivity contribution in [2.24, 2.45) is 0 Å². The van der Waals surface area contributed by atoms with Crippen LogP contribution in [0, 0.1) is 0 Å². The molecular weight excluding hydrogens is 294 g/mol. The fourth-order valence-corrected chi connectivity index (χ4v) is 1.97. The average Bonchev–Trinajstić information content (AvgIpc) is 2.59. The highest BCUT2D eigenvalue weighted by Gasteiger charge is 2.08. The summed E-state index contributed by atoms with van der Waals surface area (Å²) < 4.78 is 10.3. The Balaban J connectivity index is 1.95. The smallest absolute Gasteiger partial charge is 0.337 e. The zero-order chi connectivity index (χ0) is 16.8. The predicted molar refractivity (Wildman–Crippen MR) is 86.6 cm³/mol. The van der Waals surface area contributed by atoms with Gasteiger partial charge in [0.05, 0.1) is 12.7 Å². The third-order valence-corrected chi connectivity index (χ3v) is 3.29. The van der Waals surface area contributed by atoms with Crippen LogP contribution in [0.2, 0.25) is 0 Å². The van der Waals surface area contributed by atoms with Crippen molar-refractivity contribution < 1.29 is 19.1 Å². The first-order chi connectivity index (χ1) is 11.0. The molecule has 0 fully saturated rings. The maximum atomic E-state index is 11.8. The number of esters is 1. The van der Waals surface area contributed by atoms with Crippen LogP contribution in [0.5, 0.6) is 5.75 Å². The lowest BCUT2D eigenvalue weighted by Crippen LogP contribution is -2.21. The number of carbonyl (C=O) groups is 2. The van der Waals surface area contributed by atoms with Gasteiger partial charge in [0.2, 0.25) is 0 Å². The second kappa shape index (κ2) is 7.45. The molecule has 0 N–H and O–H groups in total. The first-order valence-electron chi connectivity index (χ1n) is 7.13. The molecule has 0 radical (unpaired) electrons. The zero-order valence-corrected chi connectivity index (χ0v) is 13.4. The molecule has 2 aromatic rings. The topological polar surface area (TPSA) is 55.8 Å². The second-order valence-electron chi connectivity index (χ2n) is 5.20. The summed E-state index contributed by atoms with van der Waals surface area (Å²) in [6, 6.07) is 14.0. The van der Waals surface area contributed by atoms with Gasteiger partial charge in [0.25, 0.3) is 5.91 Å². The molecule has 0 aliphatic carbocycles. The first-order valence-corrected chi connectivity index (χ1v) is 7.13. The molecule has 1 amide bonds. The number of hydrogen-bond acceptors (Lipinski definition) is 4. The molecule has 0 atom stereocenters. The number of rotatable bonds is 5. The molecule has 0 spiro atoms. The molecule has 5 heteroatoms. The molecule has 0 unspecified atom stereocenters. The van der Waals surface area contributed by atoms with Crippen LogP contribution in [0.25, 0.3) is 0 Å². The molecule has 0 bridgehead atoms. The predicted octanol–water partition coefficient (Wildman–Crippen LogP) is 2.75. The fourth-order valence-electron chi connectivity index (χ4n) is 1.97. The van der Waals surface area contributed by atoms with Crippen LogP contribution in [0.1, 0.15) is 26.3 Å². The Kier molecular flexibility index (Phi) is 5.36. The lowest BCUT2D eigenvalue weighted by molar-refractivity contribution is 0.0600. The van der Waals surface area contributed by atoms with E-state index >= 15 is 0 Å². The van der Waals surface area contributed by atoms with Crippen molar-refractivity contribution in [1.29, 1.82) is 0 Å². The Bertz CT molecular complexity index is 675. The summed E-state index contributed by atoms with van der Waals surface area (Å²) in [5, 5.41) is 0. The average molecular weight is 313 g/mol. The van der Waals surface area contributed by atoms with E-state index in [0.29, 0.717) is 23.5 Å². The van der Waals surface area contributed by atoms with Gasteiger partial charge in [-0.15, -0.1) is 0 Å². The van der Waals surface area contributed by atoms with Gasteiger partial charge in [0.15, 0.2) is 0 Å². The van der Waals surface area contributed by atoms with E-state index in [1.54, 1.807) is 50.5 Å². The molecule has 0 saturated heterocycles. The number of hydrogen-bond donors (Lipinski definition) is 0. The summed E-state index contributed by atoms with van der Waals surface area (Å²) in [4.78, 5) is 24.7. The van der Waals surface area contributed by atoms with Gasteiger partial charge >= 0.3 is 5.97 Å². The highest BCUT2D eigenvalue weighted by atomic mass is 16.5. The highest BCUT2D eigenvalue weighted by molar-refractivity contribution is 5.93.